The van der Waals surface area contributed by atoms with Crippen LogP contribution in [0.25, 0.3) is 6.08 Å². The first-order valence-corrected chi connectivity index (χ1v) is 11.6. The van der Waals surface area contributed by atoms with Crippen molar-refractivity contribution >= 4 is 39.5 Å². The Hall–Kier alpha value is -3.92. The van der Waals surface area contributed by atoms with Crippen LogP contribution in [0.1, 0.15) is 16.8 Å². The number of benzene rings is 2. The van der Waals surface area contributed by atoms with Gasteiger partial charge in [0.15, 0.2) is 6.61 Å². The fourth-order valence-corrected chi connectivity index (χ4v) is 4.88. The first-order valence-electron chi connectivity index (χ1n) is 10.1. The molecule has 3 aromatic rings. The predicted octanol–water partition coefficient (Wildman–Crippen LogP) is 2.93. The summed E-state index contributed by atoms with van der Waals surface area (Å²) in [4.78, 5) is 23.8. The van der Waals surface area contributed by atoms with Gasteiger partial charge in [0, 0.05) is 18.7 Å². The molecular weight excluding hydrogens is 446 g/mol. The molecule has 1 aliphatic rings. The summed E-state index contributed by atoms with van der Waals surface area (Å²) in [6, 6.07) is 15.2. The molecule has 0 saturated carbocycles. The van der Waals surface area contributed by atoms with Gasteiger partial charge in [-0.15, -0.1) is 0 Å². The smallest absolute Gasteiger partial charge is 0.331 e. The molecule has 0 atom stereocenters. The number of hydrogen-bond donors (Lipinski definition) is 1. The summed E-state index contributed by atoms with van der Waals surface area (Å²) in [6.07, 6.45) is 3.31. The van der Waals surface area contributed by atoms with Crippen LogP contribution in [0.4, 0.5) is 11.6 Å². The zero-order valence-electron chi connectivity index (χ0n) is 17.7. The van der Waals surface area contributed by atoms with Crippen molar-refractivity contribution in [2.75, 3.05) is 22.8 Å². The highest BCUT2D eigenvalue weighted by Gasteiger charge is 2.30. The monoisotopic (exact) mass is 467 g/mol. The molecule has 1 aromatic heterocycles. The number of fused-ring (bicyclic) bond motifs is 1. The molecule has 1 N–H and O–H groups in total. The number of aryl methyl sites for hydroxylation is 1. The predicted molar refractivity (Wildman–Crippen MR) is 121 cm³/mol. The molecule has 10 heteroatoms. The highest BCUT2D eigenvalue weighted by atomic mass is 32.2. The van der Waals surface area contributed by atoms with Crippen LogP contribution in [0.3, 0.4) is 0 Å². The number of nitrogens with zero attached hydrogens (tertiary/aromatic N) is 2. The second-order valence-electron chi connectivity index (χ2n) is 7.35. The lowest BCUT2D eigenvalue weighted by Gasteiger charge is -2.19. The van der Waals surface area contributed by atoms with Gasteiger partial charge in [0.2, 0.25) is 5.88 Å². The van der Waals surface area contributed by atoms with Crippen molar-refractivity contribution in [2.45, 2.75) is 18.2 Å². The van der Waals surface area contributed by atoms with Crippen molar-refractivity contribution in [1.82, 2.24) is 5.16 Å². The van der Waals surface area contributed by atoms with Gasteiger partial charge < -0.3 is 9.26 Å². The van der Waals surface area contributed by atoms with Crippen LogP contribution < -0.4 is 9.62 Å². The summed E-state index contributed by atoms with van der Waals surface area (Å²) in [7, 11) is -3.68. The van der Waals surface area contributed by atoms with Crippen LogP contribution in [0, 0.1) is 6.92 Å². The third-order valence-corrected chi connectivity index (χ3v) is 6.79. The SMILES string of the molecule is Cc1cc(NC(=O)COC(=O)/C=C/c2ccc(S(=O)(=O)N3CCc4ccccc43)cc2)on1. The number of sulfonamides is 1. The quantitative estimate of drug-likeness (QED) is 0.419. The van der Waals surface area contributed by atoms with E-state index in [-0.39, 0.29) is 10.8 Å². The summed E-state index contributed by atoms with van der Waals surface area (Å²) < 4.78 is 37.2. The van der Waals surface area contributed by atoms with Gasteiger partial charge in [-0.3, -0.25) is 14.4 Å². The number of para-hydroxylation sites is 1. The average molecular weight is 468 g/mol. The Morgan fingerprint density at radius 2 is 1.94 bits per heavy atom. The molecule has 33 heavy (non-hydrogen) atoms. The minimum absolute atomic E-state index is 0.163. The number of carbonyl (C=O) groups is 2. The van der Waals surface area contributed by atoms with Crippen molar-refractivity contribution < 1.29 is 27.3 Å². The number of rotatable bonds is 7. The summed E-state index contributed by atoms with van der Waals surface area (Å²) in [6.45, 7) is 1.62. The van der Waals surface area contributed by atoms with Crippen LogP contribution in [0.15, 0.2) is 70.1 Å². The summed E-state index contributed by atoms with van der Waals surface area (Å²) in [5.41, 5.74) is 2.92. The molecular formula is C23H21N3O6S. The van der Waals surface area contributed by atoms with Gasteiger partial charge in [-0.2, -0.15) is 0 Å². The molecule has 0 bridgehead atoms. The molecule has 0 radical (unpaired) electrons. The maximum atomic E-state index is 13.0. The van der Waals surface area contributed by atoms with Gasteiger partial charge in [-0.25, -0.2) is 13.2 Å². The van der Waals surface area contributed by atoms with E-state index in [1.54, 1.807) is 25.1 Å². The maximum Gasteiger partial charge on any atom is 0.331 e. The zero-order chi connectivity index (χ0) is 23.4. The lowest BCUT2D eigenvalue weighted by atomic mass is 10.2. The molecule has 0 aliphatic carbocycles. The lowest BCUT2D eigenvalue weighted by Crippen LogP contribution is -2.29. The third-order valence-electron chi connectivity index (χ3n) is 4.96. The second-order valence-corrected chi connectivity index (χ2v) is 9.21. The summed E-state index contributed by atoms with van der Waals surface area (Å²) in [5.74, 6) is -1.12. The maximum absolute atomic E-state index is 13.0. The Labute approximate surface area is 190 Å². The molecule has 0 fully saturated rings. The van der Waals surface area contributed by atoms with E-state index in [4.69, 9.17) is 9.26 Å². The third kappa shape index (κ3) is 5.12. The molecule has 2 aromatic carbocycles. The van der Waals surface area contributed by atoms with Crippen molar-refractivity contribution in [3.05, 3.63) is 77.5 Å². The number of nitrogens with one attached hydrogen (secondary N) is 1. The van der Waals surface area contributed by atoms with Gasteiger partial charge in [0.05, 0.1) is 16.3 Å². The van der Waals surface area contributed by atoms with E-state index in [0.717, 1.165) is 11.6 Å². The Morgan fingerprint density at radius 1 is 1.18 bits per heavy atom. The Kier molecular flexibility index (Phi) is 6.27. The van der Waals surface area contributed by atoms with E-state index in [2.05, 4.69) is 10.5 Å². The van der Waals surface area contributed by atoms with Crippen molar-refractivity contribution in [3.8, 4) is 0 Å². The van der Waals surface area contributed by atoms with Crippen LogP contribution in [-0.2, 0) is 30.8 Å². The van der Waals surface area contributed by atoms with Gasteiger partial charge in [0.1, 0.15) is 0 Å². The molecule has 9 nitrogen and oxygen atoms in total. The Morgan fingerprint density at radius 3 is 2.67 bits per heavy atom. The molecule has 1 aliphatic heterocycles. The van der Waals surface area contributed by atoms with Crippen LogP contribution in [0.2, 0.25) is 0 Å². The van der Waals surface area contributed by atoms with Crippen molar-refractivity contribution in [2.24, 2.45) is 0 Å². The topological polar surface area (TPSA) is 119 Å². The van der Waals surface area contributed by atoms with Crippen LogP contribution >= 0.6 is 0 Å². The van der Waals surface area contributed by atoms with Crippen LogP contribution in [0.5, 0.6) is 0 Å². The van der Waals surface area contributed by atoms with E-state index in [1.807, 2.05) is 18.2 Å². The van der Waals surface area contributed by atoms with Gasteiger partial charge in [-0.05, 0) is 48.7 Å². The van der Waals surface area contributed by atoms with E-state index in [0.29, 0.717) is 29.9 Å². The van der Waals surface area contributed by atoms with Gasteiger partial charge in [-0.1, -0.05) is 35.5 Å². The average Bonchev–Trinajstić information content (AvgIpc) is 3.43. The Balaban J connectivity index is 1.33. The van der Waals surface area contributed by atoms with Gasteiger partial charge in [0.25, 0.3) is 15.9 Å². The highest BCUT2D eigenvalue weighted by Crippen LogP contribution is 2.32. The van der Waals surface area contributed by atoms with Gasteiger partial charge >= 0.3 is 5.97 Å². The fourth-order valence-electron chi connectivity index (χ4n) is 3.38. The Bertz CT molecular complexity index is 1310. The molecule has 0 unspecified atom stereocenters. The minimum Gasteiger partial charge on any atom is -0.452 e. The number of carbonyl (C=O) groups excluding carboxylic acids is 2. The number of anilines is 2. The minimum atomic E-state index is -3.68. The molecule has 4 rings (SSSR count). The first-order chi connectivity index (χ1) is 15.8. The van der Waals surface area contributed by atoms with Crippen LogP contribution in [-0.4, -0.2) is 38.6 Å². The number of esters is 1. The van der Waals surface area contributed by atoms with E-state index < -0.39 is 28.5 Å². The van der Waals surface area contributed by atoms with E-state index in [1.165, 1.54) is 28.6 Å². The fraction of sp³-hybridized carbons (Fsp3) is 0.174. The largest absolute Gasteiger partial charge is 0.452 e. The first kappa shape index (κ1) is 22.3. The van der Waals surface area contributed by atoms with E-state index in [9.17, 15) is 18.0 Å². The zero-order valence-corrected chi connectivity index (χ0v) is 18.5. The molecule has 1 amide bonds. The number of aromatic nitrogens is 1. The standard InChI is InChI=1S/C23H21N3O6S/c1-16-14-22(32-25-16)24-21(27)15-31-23(28)11-8-17-6-9-19(10-7-17)33(29,30)26-13-12-18-4-2-3-5-20(18)26/h2-11,14H,12-13,15H2,1H3,(H,24,27)/b11-8+. The molecule has 0 saturated heterocycles. The lowest BCUT2D eigenvalue weighted by molar-refractivity contribution is -0.142. The molecule has 2 heterocycles. The number of hydrogen-bond acceptors (Lipinski definition) is 7. The summed E-state index contributed by atoms with van der Waals surface area (Å²) >= 11 is 0. The number of amides is 1. The van der Waals surface area contributed by atoms with Crippen molar-refractivity contribution in [3.63, 3.8) is 0 Å². The van der Waals surface area contributed by atoms with E-state index >= 15 is 0 Å². The van der Waals surface area contributed by atoms with Crippen molar-refractivity contribution in [1.29, 1.82) is 0 Å². The summed E-state index contributed by atoms with van der Waals surface area (Å²) in [5, 5.41) is 6.04. The second kappa shape index (κ2) is 9.29. The molecule has 170 valence electrons. The number of ether oxygens (including phenoxy) is 1. The highest BCUT2D eigenvalue weighted by molar-refractivity contribution is 7.92. The molecule has 0 spiro atoms. The normalized spacial score (nSPS) is 13.2.